The maximum atomic E-state index is 14.8. The van der Waals surface area contributed by atoms with Crippen LogP contribution in [0.15, 0.2) is 29.8 Å². The van der Waals surface area contributed by atoms with E-state index in [0.717, 1.165) is 18.4 Å². The zero-order valence-corrected chi connectivity index (χ0v) is 18.3. The Morgan fingerprint density at radius 1 is 1.35 bits per heavy atom. The predicted octanol–water partition coefficient (Wildman–Crippen LogP) is 3.75. The van der Waals surface area contributed by atoms with Gasteiger partial charge in [-0.25, -0.2) is 9.18 Å². The molecule has 2 fully saturated rings. The second-order valence-corrected chi connectivity index (χ2v) is 9.21. The quantitative estimate of drug-likeness (QED) is 0.722. The Labute approximate surface area is 182 Å². The van der Waals surface area contributed by atoms with Crippen LogP contribution in [0.5, 0.6) is 0 Å². The summed E-state index contributed by atoms with van der Waals surface area (Å²) in [6.45, 7) is 7.71. The molecule has 2 saturated heterocycles. The van der Waals surface area contributed by atoms with E-state index in [0.29, 0.717) is 30.9 Å². The highest BCUT2D eigenvalue weighted by Gasteiger charge is 2.33. The zero-order valence-electron chi connectivity index (χ0n) is 18.3. The van der Waals surface area contributed by atoms with Gasteiger partial charge in [0, 0.05) is 25.6 Å². The number of cyclic esters (lactones) is 1. The van der Waals surface area contributed by atoms with Crippen molar-refractivity contribution >= 4 is 23.4 Å². The van der Waals surface area contributed by atoms with Crippen molar-refractivity contribution in [1.82, 2.24) is 5.32 Å². The summed E-state index contributed by atoms with van der Waals surface area (Å²) in [5, 5.41) is 11.6. The molecule has 0 saturated carbocycles. The van der Waals surface area contributed by atoms with E-state index in [9.17, 15) is 14.0 Å². The molecular weight excluding hydrogens is 399 g/mol. The molecule has 31 heavy (non-hydrogen) atoms. The smallest absolute Gasteiger partial charge is 0.414 e. The number of piperidine rings is 1. The van der Waals surface area contributed by atoms with Crippen LogP contribution in [0.1, 0.15) is 40.0 Å². The second-order valence-electron chi connectivity index (χ2n) is 9.21. The number of nitrogens with one attached hydrogen (secondary N) is 1. The van der Waals surface area contributed by atoms with Crippen LogP contribution in [0.3, 0.4) is 0 Å². The SMILES string of the molecule is CC(C)(C)CC(=O)NCC1CN(c2ccc(N3CCC(=CC#N)CC3)c(F)c2)C(=O)O1. The number of allylic oxidation sites excluding steroid dienone is 1. The molecule has 2 amide bonds. The van der Waals surface area contributed by atoms with Crippen molar-refractivity contribution < 1.29 is 18.7 Å². The Kier molecular flexibility index (Phi) is 6.84. The summed E-state index contributed by atoms with van der Waals surface area (Å²) in [5.41, 5.74) is 1.87. The highest BCUT2D eigenvalue weighted by molar-refractivity contribution is 5.90. The van der Waals surface area contributed by atoms with Gasteiger partial charge in [-0.2, -0.15) is 5.26 Å². The van der Waals surface area contributed by atoms with Crippen LogP contribution in [-0.2, 0) is 9.53 Å². The number of amides is 2. The van der Waals surface area contributed by atoms with E-state index in [1.165, 1.54) is 11.0 Å². The highest BCUT2D eigenvalue weighted by atomic mass is 19.1. The van der Waals surface area contributed by atoms with Crippen LogP contribution >= 0.6 is 0 Å². The fourth-order valence-corrected chi connectivity index (χ4v) is 3.80. The summed E-state index contributed by atoms with van der Waals surface area (Å²) in [5.74, 6) is -0.494. The van der Waals surface area contributed by atoms with Crippen molar-refractivity contribution in [3.05, 3.63) is 35.7 Å². The molecule has 1 aromatic carbocycles. The van der Waals surface area contributed by atoms with Crippen LogP contribution < -0.4 is 15.1 Å². The minimum Gasteiger partial charge on any atom is -0.442 e. The maximum Gasteiger partial charge on any atom is 0.414 e. The van der Waals surface area contributed by atoms with Gasteiger partial charge in [-0.15, -0.1) is 0 Å². The average molecular weight is 429 g/mol. The van der Waals surface area contributed by atoms with Crippen molar-refractivity contribution in [2.24, 2.45) is 5.41 Å². The highest BCUT2D eigenvalue weighted by Crippen LogP contribution is 2.30. The van der Waals surface area contributed by atoms with Gasteiger partial charge < -0.3 is 15.0 Å². The molecule has 1 aromatic rings. The molecule has 2 aliphatic heterocycles. The van der Waals surface area contributed by atoms with Crippen LogP contribution in [-0.4, -0.2) is 44.3 Å². The lowest BCUT2D eigenvalue weighted by molar-refractivity contribution is -0.123. The van der Waals surface area contributed by atoms with Gasteiger partial charge in [0.1, 0.15) is 11.9 Å². The minimum atomic E-state index is -0.550. The van der Waals surface area contributed by atoms with E-state index in [1.54, 1.807) is 18.2 Å². The van der Waals surface area contributed by atoms with Gasteiger partial charge in [0.2, 0.25) is 5.91 Å². The molecular formula is C23H29FN4O3. The first-order valence-electron chi connectivity index (χ1n) is 10.5. The number of benzene rings is 1. The van der Waals surface area contributed by atoms with Crippen molar-refractivity contribution in [2.75, 3.05) is 36.0 Å². The maximum absolute atomic E-state index is 14.8. The summed E-state index contributed by atoms with van der Waals surface area (Å²) in [6, 6.07) is 6.78. The number of halogens is 1. The molecule has 0 bridgehead atoms. The number of nitrogens with zero attached hydrogens (tertiary/aromatic N) is 3. The van der Waals surface area contributed by atoms with Crippen LogP contribution in [0, 0.1) is 22.6 Å². The Morgan fingerprint density at radius 2 is 2.06 bits per heavy atom. The Balaban J connectivity index is 1.59. The van der Waals surface area contributed by atoms with Crippen molar-refractivity contribution in [3.8, 4) is 6.07 Å². The summed E-state index contributed by atoms with van der Waals surface area (Å²) < 4.78 is 20.2. The Hall–Kier alpha value is -3.08. The van der Waals surface area contributed by atoms with E-state index in [-0.39, 0.29) is 24.4 Å². The molecule has 1 atom stereocenters. The minimum absolute atomic E-state index is 0.0910. The van der Waals surface area contributed by atoms with Gasteiger partial charge in [0.05, 0.1) is 30.5 Å². The van der Waals surface area contributed by atoms with Gasteiger partial charge in [0.15, 0.2) is 0 Å². The number of rotatable bonds is 5. The fourth-order valence-electron chi connectivity index (χ4n) is 3.80. The third-order valence-corrected chi connectivity index (χ3v) is 5.35. The molecule has 7 nitrogen and oxygen atoms in total. The molecule has 1 N–H and O–H groups in total. The lowest BCUT2D eigenvalue weighted by atomic mass is 9.92. The van der Waals surface area contributed by atoms with Gasteiger partial charge in [-0.05, 0) is 36.5 Å². The summed E-state index contributed by atoms with van der Waals surface area (Å²) in [7, 11) is 0. The molecule has 2 heterocycles. The normalized spacial score (nSPS) is 19.1. The lowest BCUT2D eigenvalue weighted by Crippen LogP contribution is -2.36. The van der Waals surface area contributed by atoms with Crippen molar-refractivity contribution in [3.63, 3.8) is 0 Å². The average Bonchev–Trinajstić information content (AvgIpc) is 3.07. The monoisotopic (exact) mass is 428 g/mol. The van der Waals surface area contributed by atoms with Crippen molar-refractivity contribution in [2.45, 2.75) is 46.1 Å². The van der Waals surface area contributed by atoms with Gasteiger partial charge in [0.25, 0.3) is 0 Å². The molecule has 0 aromatic heterocycles. The van der Waals surface area contributed by atoms with Crippen LogP contribution in [0.25, 0.3) is 0 Å². The summed E-state index contributed by atoms with van der Waals surface area (Å²) in [6.07, 6.45) is 2.38. The molecule has 0 radical (unpaired) electrons. The molecule has 0 aliphatic carbocycles. The van der Waals surface area contributed by atoms with Crippen LogP contribution in [0.4, 0.5) is 20.6 Å². The number of carbonyl (C=O) groups excluding carboxylic acids is 2. The number of anilines is 2. The Morgan fingerprint density at radius 3 is 2.68 bits per heavy atom. The predicted molar refractivity (Wildman–Crippen MR) is 116 cm³/mol. The van der Waals surface area contributed by atoms with E-state index in [2.05, 4.69) is 5.32 Å². The first-order chi connectivity index (χ1) is 14.7. The first kappa shape index (κ1) is 22.6. The number of nitriles is 1. The number of hydrogen-bond acceptors (Lipinski definition) is 5. The third-order valence-electron chi connectivity index (χ3n) is 5.35. The Bertz CT molecular complexity index is 906. The van der Waals surface area contributed by atoms with E-state index in [1.807, 2.05) is 31.7 Å². The fraction of sp³-hybridized carbons (Fsp3) is 0.522. The van der Waals surface area contributed by atoms with E-state index in [4.69, 9.17) is 10.00 Å². The number of ether oxygens (including phenoxy) is 1. The second kappa shape index (κ2) is 9.38. The van der Waals surface area contributed by atoms with Gasteiger partial charge >= 0.3 is 6.09 Å². The summed E-state index contributed by atoms with van der Waals surface area (Å²) in [4.78, 5) is 27.6. The largest absolute Gasteiger partial charge is 0.442 e. The van der Waals surface area contributed by atoms with Crippen LogP contribution in [0.2, 0.25) is 0 Å². The zero-order chi connectivity index (χ0) is 22.6. The van der Waals surface area contributed by atoms with E-state index >= 15 is 0 Å². The standard InChI is InChI=1S/C23H29FN4O3/c1-23(2,3)13-21(29)26-14-18-15-28(22(30)31-18)17-4-5-20(19(24)12-17)27-10-7-16(6-9-25)8-11-27/h4-6,12,18H,7-8,10-11,13-15H2,1-3H3,(H,26,29). The molecule has 1 unspecified atom stereocenters. The molecule has 3 rings (SSSR count). The van der Waals surface area contributed by atoms with Gasteiger partial charge in [-0.3, -0.25) is 9.69 Å². The molecule has 0 spiro atoms. The summed E-state index contributed by atoms with van der Waals surface area (Å²) >= 11 is 0. The topological polar surface area (TPSA) is 85.7 Å². The molecule has 2 aliphatic rings. The number of carbonyl (C=O) groups is 2. The molecule has 166 valence electrons. The van der Waals surface area contributed by atoms with E-state index < -0.39 is 18.0 Å². The lowest BCUT2D eigenvalue weighted by Gasteiger charge is -2.30. The third kappa shape index (κ3) is 5.97. The number of hydrogen-bond donors (Lipinski definition) is 1. The van der Waals surface area contributed by atoms with Crippen molar-refractivity contribution in [1.29, 1.82) is 5.26 Å². The molecule has 8 heteroatoms. The van der Waals surface area contributed by atoms with Gasteiger partial charge in [-0.1, -0.05) is 26.3 Å². The first-order valence-corrected chi connectivity index (χ1v) is 10.5.